The van der Waals surface area contributed by atoms with Crippen LogP contribution in [0.4, 0.5) is 5.69 Å². The van der Waals surface area contributed by atoms with E-state index in [1.165, 1.54) is 5.56 Å². The van der Waals surface area contributed by atoms with Gasteiger partial charge in [0.1, 0.15) is 5.75 Å². The van der Waals surface area contributed by atoms with Crippen LogP contribution in [-0.2, 0) is 6.42 Å². The molecule has 0 saturated carbocycles. The van der Waals surface area contributed by atoms with Crippen molar-refractivity contribution in [3.63, 3.8) is 0 Å². The van der Waals surface area contributed by atoms with E-state index in [4.69, 9.17) is 16.3 Å². The van der Waals surface area contributed by atoms with Crippen LogP contribution in [0, 0.1) is 0 Å². The van der Waals surface area contributed by atoms with Gasteiger partial charge < -0.3 is 10.1 Å². The van der Waals surface area contributed by atoms with Crippen LogP contribution in [0.15, 0.2) is 48.5 Å². The minimum absolute atomic E-state index is 0.390. The van der Waals surface area contributed by atoms with Gasteiger partial charge in [-0.05, 0) is 43.5 Å². The van der Waals surface area contributed by atoms with Crippen LogP contribution < -0.4 is 10.1 Å². The molecule has 1 N–H and O–H groups in total. The van der Waals surface area contributed by atoms with Crippen molar-refractivity contribution in [2.45, 2.75) is 32.7 Å². The first-order valence-electron chi connectivity index (χ1n) is 7.45. The van der Waals surface area contributed by atoms with Gasteiger partial charge >= 0.3 is 0 Å². The van der Waals surface area contributed by atoms with Crippen molar-refractivity contribution in [2.24, 2.45) is 0 Å². The molecule has 0 fully saturated rings. The third-order valence-electron chi connectivity index (χ3n) is 3.42. The molecule has 112 valence electrons. The molecule has 0 aliphatic heterocycles. The lowest BCUT2D eigenvalue weighted by Gasteiger charge is -2.19. The topological polar surface area (TPSA) is 21.3 Å². The second-order valence-corrected chi connectivity index (χ2v) is 5.42. The van der Waals surface area contributed by atoms with Gasteiger partial charge in [0.15, 0.2) is 0 Å². The van der Waals surface area contributed by atoms with Crippen molar-refractivity contribution in [3.05, 3.63) is 59.1 Å². The number of benzene rings is 2. The highest BCUT2D eigenvalue weighted by Gasteiger charge is 2.09. The maximum atomic E-state index is 6.23. The molecule has 2 aromatic carbocycles. The Bertz CT molecular complexity index is 556. The summed E-state index contributed by atoms with van der Waals surface area (Å²) in [7, 11) is 0. The fourth-order valence-corrected chi connectivity index (χ4v) is 2.53. The molecule has 0 bridgehead atoms. The lowest BCUT2D eigenvalue weighted by molar-refractivity contribution is 0.340. The second kappa shape index (κ2) is 7.94. The molecule has 0 saturated heterocycles. The first kappa shape index (κ1) is 15.7. The molecule has 0 aliphatic rings. The van der Waals surface area contributed by atoms with Crippen LogP contribution in [-0.4, -0.2) is 12.6 Å². The molecule has 2 nitrogen and oxygen atoms in total. The fraction of sp³-hybridized carbons (Fsp3) is 0.333. The molecule has 0 amide bonds. The predicted octanol–water partition coefficient (Wildman–Crippen LogP) is 5.17. The molecular formula is C18H22ClNO. The Hall–Kier alpha value is -1.67. The summed E-state index contributed by atoms with van der Waals surface area (Å²) >= 11 is 6.23. The summed E-state index contributed by atoms with van der Waals surface area (Å²) in [5, 5.41) is 4.20. The minimum Gasteiger partial charge on any atom is -0.492 e. The normalized spacial score (nSPS) is 12.0. The van der Waals surface area contributed by atoms with E-state index >= 15 is 0 Å². The summed E-state index contributed by atoms with van der Waals surface area (Å²) in [6, 6.07) is 16.8. The van der Waals surface area contributed by atoms with Crippen LogP contribution >= 0.6 is 11.6 Å². The van der Waals surface area contributed by atoms with Crippen LogP contribution in [0.5, 0.6) is 5.75 Å². The molecule has 2 rings (SSSR count). The zero-order chi connectivity index (χ0) is 15.1. The zero-order valence-corrected chi connectivity index (χ0v) is 13.4. The molecule has 1 unspecified atom stereocenters. The number of ether oxygens (including phenoxy) is 1. The molecule has 0 spiro atoms. The first-order valence-corrected chi connectivity index (χ1v) is 7.83. The summed E-state index contributed by atoms with van der Waals surface area (Å²) < 4.78 is 5.46. The van der Waals surface area contributed by atoms with Gasteiger partial charge in [-0.15, -0.1) is 0 Å². The largest absolute Gasteiger partial charge is 0.492 e. The van der Waals surface area contributed by atoms with Crippen LogP contribution in [0.25, 0.3) is 0 Å². The summed E-state index contributed by atoms with van der Waals surface area (Å²) in [4.78, 5) is 0. The zero-order valence-electron chi connectivity index (χ0n) is 12.6. The Balaban J connectivity index is 2.03. The summed E-state index contributed by atoms with van der Waals surface area (Å²) in [6.45, 7) is 4.77. The van der Waals surface area contributed by atoms with Crippen molar-refractivity contribution in [1.29, 1.82) is 0 Å². The van der Waals surface area contributed by atoms with E-state index < -0.39 is 0 Å². The fourth-order valence-electron chi connectivity index (χ4n) is 2.29. The predicted molar refractivity (Wildman–Crippen MR) is 90.5 cm³/mol. The smallest absolute Gasteiger partial charge is 0.138 e. The molecule has 0 aliphatic carbocycles. The second-order valence-electron chi connectivity index (χ2n) is 5.02. The van der Waals surface area contributed by atoms with Crippen LogP contribution in [0.2, 0.25) is 5.02 Å². The van der Waals surface area contributed by atoms with E-state index in [1.807, 2.05) is 31.2 Å². The highest BCUT2D eigenvalue weighted by atomic mass is 35.5. The average molecular weight is 304 g/mol. The van der Waals surface area contributed by atoms with Crippen LogP contribution in [0.3, 0.4) is 0 Å². The van der Waals surface area contributed by atoms with Crippen molar-refractivity contribution in [3.8, 4) is 5.75 Å². The molecule has 1 atom stereocenters. The summed E-state index contributed by atoms with van der Waals surface area (Å²) in [5.74, 6) is 0.737. The van der Waals surface area contributed by atoms with Gasteiger partial charge in [0, 0.05) is 11.7 Å². The Morgan fingerprint density at radius 1 is 1.10 bits per heavy atom. The maximum Gasteiger partial charge on any atom is 0.138 e. The monoisotopic (exact) mass is 303 g/mol. The van der Waals surface area contributed by atoms with Crippen molar-refractivity contribution >= 4 is 17.3 Å². The Morgan fingerprint density at radius 2 is 1.86 bits per heavy atom. The van der Waals surface area contributed by atoms with E-state index in [9.17, 15) is 0 Å². The number of hydrogen-bond acceptors (Lipinski definition) is 2. The SMILES string of the molecule is CCOc1ccc(NC(CC)Cc2ccccc2)cc1Cl. The van der Waals surface area contributed by atoms with Gasteiger partial charge in [-0.3, -0.25) is 0 Å². The van der Waals surface area contributed by atoms with E-state index in [-0.39, 0.29) is 0 Å². The Labute approximate surface area is 132 Å². The highest BCUT2D eigenvalue weighted by Crippen LogP contribution is 2.28. The summed E-state index contributed by atoms with van der Waals surface area (Å²) in [6.07, 6.45) is 2.06. The number of nitrogens with one attached hydrogen (secondary N) is 1. The number of hydrogen-bond donors (Lipinski definition) is 1. The number of anilines is 1. The van der Waals surface area contributed by atoms with Gasteiger partial charge in [0.05, 0.1) is 11.6 Å². The highest BCUT2D eigenvalue weighted by molar-refractivity contribution is 6.32. The van der Waals surface area contributed by atoms with Gasteiger partial charge in [0.25, 0.3) is 0 Å². The first-order chi connectivity index (χ1) is 10.2. The van der Waals surface area contributed by atoms with E-state index in [0.29, 0.717) is 17.7 Å². The van der Waals surface area contributed by atoms with Crippen molar-refractivity contribution < 1.29 is 4.74 Å². The minimum atomic E-state index is 0.390. The standard InChI is InChI=1S/C18H22ClNO/c1-3-15(12-14-8-6-5-7-9-14)20-16-10-11-18(21-4-2)17(19)13-16/h5-11,13,15,20H,3-4,12H2,1-2H3. The van der Waals surface area contributed by atoms with Crippen molar-refractivity contribution in [1.82, 2.24) is 0 Å². The third-order valence-corrected chi connectivity index (χ3v) is 3.72. The molecule has 0 aromatic heterocycles. The number of rotatable bonds is 7. The van der Waals surface area contributed by atoms with Gasteiger partial charge in [-0.2, -0.15) is 0 Å². The van der Waals surface area contributed by atoms with Crippen molar-refractivity contribution in [2.75, 3.05) is 11.9 Å². The maximum absolute atomic E-state index is 6.23. The Morgan fingerprint density at radius 3 is 2.48 bits per heavy atom. The molecule has 0 radical (unpaired) electrons. The lowest BCUT2D eigenvalue weighted by Crippen LogP contribution is -2.21. The van der Waals surface area contributed by atoms with E-state index in [1.54, 1.807) is 0 Å². The van der Waals surface area contributed by atoms with Gasteiger partial charge in [0.2, 0.25) is 0 Å². The lowest BCUT2D eigenvalue weighted by atomic mass is 10.0. The molecule has 0 heterocycles. The molecule has 21 heavy (non-hydrogen) atoms. The van der Waals surface area contributed by atoms with Crippen LogP contribution in [0.1, 0.15) is 25.8 Å². The quantitative estimate of drug-likeness (QED) is 0.761. The molecular weight excluding hydrogens is 282 g/mol. The van der Waals surface area contributed by atoms with Gasteiger partial charge in [-0.1, -0.05) is 48.9 Å². The molecule has 3 heteroatoms. The average Bonchev–Trinajstić information content (AvgIpc) is 2.50. The van der Waals surface area contributed by atoms with Gasteiger partial charge in [-0.25, -0.2) is 0 Å². The van der Waals surface area contributed by atoms with E-state index in [0.717, 1.165) is 24.3 Å². The third kappa shape index (κ3) is 4.68. The van der Waals surface area contributed by atoms with E-state index in [2.05, 4.69) is 36.5 Å². The molecule has 2 aromatic rings. The summed E-state index contributed by atoms with van der Waals surface area (Å²) in [5.41, 5.74) is 2.38. The number of halogens is 1. The Kier molecular flexibility index (Phi) is 5.94.